The molecule has 0 aliphatic heterocycles. The highest BCUT2D eigenvalue weighted by molar-refractivity contribution is 6.00. The number of halogens is 2. The smallest absolute Gasteiger partial charge is 0.374 e. The third-order valence-corrected chi connectivity index (χ3v) is 3.67. The van der Waals surface area contributed by atoms with Gasteiger partial charge in [-0.1, -0.05) is 11.2 Å². The molecule has 3 rings (SSSR count). The Kier molecular flexibility index (Phi) is 4.84. The number of nitrogens with zero attached hydrogens (tertiary/aromatic N) is 1. The molecule has 0 bridgehead atoms. The van der Waals surface area contributed by atoms with Crippen LogP contribution in [0.4, 0.5) is 25.0 Å². The van der Waals surface area contributed by atoms with Crippen LogP contribution in [0.5, 0.6) is 0 Å². The van der Waals surface area contributed by atoms with Crippen LogP contribution in [-0.2, 0) is 0 Å². The van der Waals surface area contributed by atoms with Crippen molar-refractivity contribution in [3.8, 4) is 11.3 Å². The maximum Gasteiger partial charge on any atom is 0.374 e. The molecule has 7 nitrogen and oxygen atoms in total. The van der Waals surface area contributed by atoms with Crippen LogP contribution < -0.4 is 10.6 Å². The molecule has 0 saturated heterocycles. The van der Waals surface area contributed by atoms with Crippen LogP contribution in [0.3, 0.4) is 0 Å². The number of benzene rings is 2. The Morgan fingerprint density at radius 2 is 1.74 bits per heavy atom. The molecule has 0 spiro atoms. The molecule has 0 radical (unpaired) electrons. The zero-order valence-corrected chi connectivity index (χ0v) is 13.9. The number of aromatic nitrogens is 1. The molecule has 1 heterocycles. The molecule has 9 heteroatoms. The van der Waals surface area contributed by atoms with Crippen molar-refractivity contribution >= 4 is 23.4 Å². The molecule has 0 aliphatic rings. The van der Waals surface area contributed by atoms with Crippen LogP contribution in [0.15, 0.2) is 47.0 Å². The van der Waals surface area contributed by atoms with Gasteiger partial charge in [0, 0.05) is 23.4 Å². The van der Waals surface area contributed by atoms with Gasteiger partial charge in [-0.2, -0.15) is 0 Å². The number of hydrogen-bond donors (Lipinski definition) is 3. The van der Waals surface area contributed by atoms with E-state index in [1.807, 2.05) is 0 Å². The van der Waals surface area contributed by atoms with Crippen LogP contribution in [0.25, 0.3) is 11.3 Å². The lowest BCUT2D eigenvalue weighted by Gasteiger charge is -2.11. The number of nitrogens with one attached hydrogen (secondary N) is 2. The molecule has 0 atom stereocenters. The first-order valence-corrected chi connectivity index (χ1v) is 7.67. The molecule has 0 saturated carbocycles. The van der Waals surface area contributed by atoms with Gasteiger partial charge in [-0.25, -0.2) is 18.4 Å². The Hall–Kier alpha value is -3.75. The predicted octanol–water partition coefficient (Wildman–Crippen LogP) is 4.27. The molecular formula is C18H13F2N3O4. The molecule has 0 fully saturated rings. The van der Waals surface area contributed by atoms with E-state index in [4.69, 9.17) is 9.63 Å². The van der Waals surface area contributed by atoms with Crippen molar-refractivity contribution in [1.82, 2.24) is 5.16 Å². The van der Waals surface area contributed by atoms with Crippen molar-refractivity contribution in [2.75, 3.05) is 10.6 Å². The van der Waals surface area contributed by atoms with Crippen LogP contribution in [-0.4, -0.2) is 22.3 Å². The number of carboxylic acid groups (broad SMARTS) is 1. The van der Waals surface area contributed by atoms with Crippen LogP contribution in [0, 0.1) is 18.6 Å². The third-order valence-electron chi connectivity index (χ3n) is 3.67. The second kappa shape index (κ2) is 7.24. The van der Waals surface area contributed by atoms with E-state index in [1.165, 1.54) is 6.07 Å². The number of carbonyl (C=O) groups is 2. The number of hydrogen-bond acceptors (Lipinski definition) is 4. The maximum absolute atomic E-state index is 13.6. The number of carbonyl (C=O) groups excluding carboxylic acids is 1. The summed E-state index contributed by atoms with van der Waals surface area (Å²) in [5, 5.41) is 17.4. The number of aryl methyl sites for hydroxylation is 1. The minimum absolute atomic E-state index is 0.160. The molecule has 138 valence electrons. The average Bonchev–Trinajstić information content (AvgIpc) is 3.09. The molecular weight excluding hydrogens is 360 g/mol. The first kappa shape index (κ1) is 18.1. The van der Waals surface area contributed by atoms with Crippen molar-refractivity contribution in [1.29, 1.82) is 0 Å². The van der Waals surface area contributed by atoms with Gasteiger partial charge in [0.15, 0.2) is 0 Å². The quantitative estimate of drug-likeness (QED) is 0.633. The van der Waals surface area contributed by atoms with E-state index in [1.54, 1.807) is 25.1 Å². The van der Waals surface area contributed by atoms with Gasteiger partial charge >= 0.3 is 12.0 Å². The Morgan fingerprint density at radius 3 is 2.37 bits per heavy atom. The monoisotopic (exact) mass is 373 g/mol. The highest BCUT2D eigenvalue weighted by Crippen LogP contribution is 2.25. The van der Waals surface area contributed by atoms with Crippen molar-refractivity contribution in [3.05, 3.63) is 65.4 Å². The van der Waals surface area contributed by atoms with Gasteiger partial charge < -0.3 is 20.3 Å². The summed E-state index contributed by atoms with van der Waals surface area (Å²) in [4.78, 5) is 22.9. The van der Waals surface area contributed by atoms with Gasteiger partial charge in [0.1, 0.15) is 17.3 Å². The van der Waals surface area contributed by atoms with Gasteiger partial charge in [0.2, 0.25) is 5.76 Å². The lowest BCUT2D eigenvalue weighted by Crippen LogP contribution is -2.20. The van der Waals surface area contributed by atoms with Crippen LogP contribution in [0.1, 0.15) is 16.1 Å². The highest BCUT2D eigenvalue weighted by atomic mass is 19.1. The summed E-state index contributed by atoms with van der Waals surface area (Å²) in [7, 11) is 0. The highest BCUT2D eigenvalue weighted by Gasteiger charge is 2.14. The fourth-order valence-corrected chi connectivity index (χ4v) is 2.34. The fraction of sp³-hybridized carbons (Fsp3) is 0.0556. The molecule has 1 aromatic heterocycles. The van der Waals surface area contributed by atoms with Crippen molar-refractivity contribution in [2.24, 2.45) is 0 Å². The van der Waals surface area contributed by atoms with Gasteiger partial charge in [0.05, 0.1) is 5.69 Å². The first-order chi connectivity index (χ1) is 12.8. The Balaban J connectivity index is 1.73. The zero-order valence-electron chi connectivity index (χ0n) is 13.9. The Labute approximate surface area is 151 Å². The number of urea groups is 1. The number of carboxylic acids is 1. The average molecular weight is 373 g/mol. The molecule has 0 aliphatic carbocycles. The summed E-state index contributed by atoms with van der Waals surface area (Å²) in [6, 6.07) is 8.27. The molecule has 2 amide bonds. The van der Waals surface area contributed by atoms with Crippen LogP contribution >= 0.6 is 0 Å². The summed E-state index contributed by atoms with van der Waals surface area (Å²) in [5.74, 6) is -3.15. The van der Waals surface area contributed by atoms with Gasteiger partial charge in [-0.05, 0) is 36.8 Å². The molecule has 0 unspecified atom stereocenters. The van der Waals surface area contributed by atoms with E-state index in [2.05, 4.69) is 15.8 Å². The van der Waals surface area contributed by atoms with Crippen molar-refractivity contribution < 1.29 is 28.0 Å². The maximum atomic E-state index is 13.6. The summed E-state index contributed by atoms with van der Waals surface area (Å²) < 4.78 is 31.2. The molecule has 3 N–H and O–H groups in total. The SMILES string of the molecule is Cc1cc(-c2cc(C(=O)O)on2)ccc1NC(=O)Nc1ccc(F)cc1F. The molecule has 27 heavy (non-hydrogen) atoms. The number of aromatic carboxylic acids is 1. The summed E-state index contributed by atoms with van der Waals surface area (Å²) in [6.07, 6.45) is 0. The van der Waals surface area contributed by atoms with E-state index in [0.29, 0.717) is 28.6 Å². The molecule has 2 aromatic carbocycles. The number of anilines is 2. The lowest BCUT2D eigenvalue weighted by atomic mass is 10.1. The van der Waals surface area contributed by atoms with Gasteiger partial charge in [0.25, 0.3) is 0 Å². The first-order valence-electron chi connectivity index (χ1n) is 7.67. The third kappa shape index (κ3) is 4.09. The number of rotatable bonds is 4. The van der Waals surface area contributed by atoms with Gasteiger partial charge in [-0.15, -0.1) is 0 Å². The Morgan fingerprint density at radius 1 is 1.04 bits per heavy atom. The topological polar surface area (TPSA) is 104 Å². The van der Waals surface area contributed by atoms with E-state index in [0.717, 1.165) is 12.1 Å². The second-order valence-corrected chi connectivity index (χ2v) is 5.61. The van der Waals surface area contributed by atoms with Crippen molar-refractivity contribution in [2.45, 2.75) is 6.92 Å². The second-order valence-electron chi connectivity index (χ2n) is 5.61. The molecule has 3 aromatic rings. The van der Waals surface area contributed by atoms with Gasteiger partial charge in [-0.3, -0.25) is 0 Å². The summed E-state index contributed by atoms with van der Waals surface area (Å²) in [6.45, 7) is 1.72. The van der Waals surface area contributed by atoms with E-state index >= 15 is 0 Å². The zero-order chi connectivity index (χ0) is 19.6. The normalized spacial score (nSPS) is 10.5. The minimum atomic E-state index is -1.23. The predicted molar refractivity (Wildman–Crippen MR) is 92.6 cm³/mol. The lowest BCUT2D eigenvalue weighted by molar-refractivity contribution is 0.0652. The fourth-order valence-electron chi connectivity index (χ4n) is 2.34. The Bertz CT molecular complexity index is 1030. The van der Waals surface area contributed by atoms with Crippen molar-refractivity contribution in [3.63, 3.8) is 0 Å². The summed E-state index contributed by atoms with van der Waals surface area (Å²) in [5.41, 5.74) is 1.87. The number of amides is 2. The van der Waals surface area contributed by atoms with E-state index in [9.17, 15) is 18.4 Å². The minimum Gasteiger partial charge on any atom is -0.475 e. The van der Waals surface area contributed by atoms with E-state index < -0.39 is 23.6 Å². The summed E-state index contributed by atoms with van der Waals surface area (Å²) >= 11 is 0. The van der Waals surface area contributed by atoms with Crippen LogP contribution in [0.2, 0.25) is 0 Å². The largest absolute Gasteiger partial charge is 0.475 e. The van der Waals surface area contributed by atoms with E-state index in [-0.39, 0.29) is 11.4 Å². The standard InChI is InChI=1S/C18H13F2N3O4/c1-9-6-10(15-8-16(17(24)25)27-23-15)2-4-13(9)21-18(26)22-14-5-3-11(19)7-12(14)20/h2-8H,1H3,(H,24,25)(H2,21,22,26).